The summed E-state index contributed by atoms with van der Waals surface area (Å²) < 4.78 is 0. The van der Waals surface area contributed by atoms with E-state index in [2.05, 4.69) is 0 Å². The third-order valence-corrected chi connectivity index (χ3v) is 6.17. The Balaban J connectivity index is 2.04. The Hall–Kier alpha value is -3.27. The zero-order valence-electron chi connectivity index (χ0n) is 15.5. The van der Waals surface area contributed by atoms with Gasteiger partial charge in [-0.25, -0.2) is 0 Å². The quantitative estimate of drug-likeness (QED) is 0.180. The van der Waals surface area contributed by atoms with Crippen LogP contribution < -0.4 is 16.4 Å². The molecule has 0 N–H and O–H groups in total. The van der Waals surface area contributed by atoms with E-state index < -0.39 is 0 Å². The van der Waals surface area contributed by atoms with Gasteiger partial charge in [-0.05, 0) is 43.8 Å². The first-order valence-corrected chi connectivity index (χ1v) is 9.23. The molecular weight excluding hydrogens is 355 g/mol. The molecule has 29 heavy (non-hydrogen) atoms. The molecule has 2 amide bonds. The Bertz CT molecular complexity index is 1590. The SMILES string of the molecule is [B]c1ccc2c3c([B])cc4c5c(ccc(c6c([B])ccc1c26)c53)C(=O)N(C)C4=O. The molecule has 3 nitrogen and oxygen atoms in total. The van der Waals surface area contributed by atoms with Gasteiger partial charge in [0, 0.05) is 23.6 Å². The highest BCUT2D eigenvalue weighted by Gasteiger charge is 2.32. The first kappa shape index (κ1) is 16.7. The average Bonchev–Trinajstić information content (AvgIpc) is 2.71. The summed E-state index contributed by atoms with van der Waals surface area (Å²) in [6.45, 7) is 0. The van der Waals surface area contributed by atoms with Crippen LogP contribution in [0.4, 0.5) is 0 Å². The molecule has 0 atom stereocenters. The van der Waals surface area contributed by atoms with Gasteiger partial charge in [0.1, 0.15) is 23.5 Å². The highest BCUT2D eigenvalue weighted by atomic mass is 16.2. The maximum absolute atomic E-state index is 12.9. The van der Waals surface area contributed by atoms with Crippen molar-refractivity contribution in [2.45, 2.75) is 0 Å². The number of imide groups is 1. The number of carbonyl (C=O) groups is 2. The number of fused-ring (bicyclic) bond motifs is 2. The van der Waals surface area contributed by atoms with Crippen LogP contribution in [-0.4, -0.2) is 47.3 Å². The minimum Gasteiger partial charge on any atom is -0.277 e. The predicted molar refractivity (Wildman–Crippen MR) is 120 cm³/mol. The summed E-state index contributed by atoms with van der Waals surface area (Å²) in [5, 5.41) is 6.72. The average molecular weight is 365 g/mol. The largest absolute Gasteiger partial charge is 0.277 e. The number of nitrogens with zero attached hydrogens (tertiary/aromatic N) is 1. The number of carbonyl (C=O) groups excluding carboxylic acids is 2. The van der Waals surface area contributed by atoms with Crippen LogP contribution >= 0.6 is 0 Å². The summed E-state index contributed by atoms with van der Waals surface area (Å²) in [7, 11) is 20.6. The zero-order chi connectivity index (χ0) is 20.2. The molecule has 1 aliphatic rings. The zero-order valence-corrected chi connectivity index (χ0v) is 15.5. The van der Waals surface area contributed by atoms with E-state index in [0.29, 0.717) is 32.9 Å². The summed E-state index contributed by atoms with van der Waals surface area (Å²) in [4.78, 5) is 26.8. The van der Waals surface area contributed by atoms with E-state index in [-0.39, 0.29) is 11.8 Å². The van der Waals surface area contributed by atoms with Crippen LogP contribution in [-0.2, 0) is 0 Å². The van der Waals surface area contributed by atoms with Crippen molar-refractivity contribution in [3.63, 3.8) is 0 Å². The van der Waals surface area contributed by atoms with Crippen molar-refractivity contribution in [1.82, 2.24) is 4.90 Å². The first-order chi connectivity index (χ1) is 13.9. The van der Waals surface area contributed by atoms with Gasteiger partial charge in [0.05, 0.1) is 0 Å². The molecule has 0 fully saturated rings. The number of amides is 2. The molecule has 6 radical (unpaired) electrons. The van der Waals surface area contributed by atoms with Crippen molar-refractivity contribution < 1.29 is 9.59 Å². The fourth-order valence-electron chi connectivity index (χ4n) is 4.87. The predicted octanol–water partition coefficient (Wildman–Crippen LogP) is 1.34. The van der Waals surface area contributed by atoms with Gasteiger partial charge in [0.15, 0.2) is 0 Å². The maximum Gasteiger partial charge on any atom is 0.261 e. The lowest BCUT2D eigenvalue weighted by Crippen LogP contribution is -2.37. The molecule has 0 spiro atoms. The van der Waals surface area contributed by atoms with E-state index in [1.54, 1.807) is 12.1 Å². The Labute approximate surface area is 170 Å². The lowest BCUT2D eigenvalue weighted by Gasteiger charge is -2.27. The van der Waals surface area contributed by atoms with Crippen molar-refractivity contribution in [3.05, 3.63) is 53.6 Å². The van der Waals surface area contributed by atoms with Crippen LogP contribution in [0.5, 0.6) is 0 Å². The van der Waals surface area contributed by atoms with Crippen LogP contribution in [0.25, 0.3) is 43.1 Å². The van der Waals surface area contributed by atoms with Crippen LogP contribution in [0.15, 0.2) is 42.5 Å². The van der Waals surface area contributed by atoms with Gasteiger partial charge in [-0.2, -0.15) is 0 Å². The standard InChI is InChI=1S/C23H10B3NO2/c1-27-22(28)12-3-2-11-19-15(25)7-4-9-14(24)6-5-10(17(9)19)20-16(26)8-13(23(27)29)18(12)21(11)20/h2-8H,1H3. The van der Waals surface area contributed by atoms with E-state index in [1.165, 1.54) is 7.05 Å². The van der Waals surface area contributed by atoms with Crippen molar-refractivity contribution in [2.24, 2.45) is 0 Å². The Kier molecular flexibility index (Phi) is 2.99. The molecule has 128 valence electrons. The van der Waals surface area contributed by atoms with Crippen LogP contribution in [0.3, 0.4) is 0 Å². The molecule has 0 saturated carbocycles. The molecule has 0 aromatic heterocycles. The van der Waals surface area contributed by atoms with E-state index in [4.69, 9.17) is 23.5 Å². The van der Waals surface area contributed by atoms with Gasteiger partial charge < -0.3 is 0 Å². The molecule has 0 bridgehead atoms. The molecule has 1 heterocycles. The third kappa shape index (κ3) is 1.82. The maximum atomic E-state index is 12.9. The van der Waals surface area contributed by atoms with Gasteiger partial charge >= 0.3 is 0 Å². The summed E-state index contributed by atoms with van der Waals surface area (Å²) in [5.74, 6) is -0.675. The monoisotopic (exact) mass is 365 g/mol. The van der Waals surface area contributed by atoms with E-state index in [0.717, 1.165) is 42.6 Å². The Morgan fingerprint density at radius 1 is 0.586 bits per heavy atom. The molecule has 0 saturated heterocycles. The second-order valence-corrected chi connectivity index (χ2v) is 7.62. The van der Waals surface area contributed by atoms with E-state index in [9.17, 15) is 9.59 Å². The number of hydrogen-bond acceptors (Lipinski definition) is 2. The molecule has 6 heteroatoms. The van der Waals surface area contributed by atoms with Crippen LogP contribution in [0.1, 0.15) is 20.7 Å². The highest BCUT2D eigenvalue weighted by molar-refractivity contribution is 6.54. The Morgan fingerprint density at radius 2 is 1.17 bits per heavy atom. The minimum atomic E-state index is -0.354. The fourth-order valence-corrected chi connectivity index (χ4v) is 4.87. The van der Waals surface area contributed by atoms with Gasteiger partial charge in [0.25, 0.3) is 11.8 Å². The molecule has 0 aliphatic carbocycles. The normalized spacial score (nSPS) is 14.2. The topological polar surface area (TPSA) is 37.4 Å². The molecule has 6 rings (SSSR count). The second kappa shape index (κ2) is 5.21. The van der Waals surface area contributed by atoms with Crippen molar-refractivity contribution in [2.75, 3.05) is 7.05 Å². The third-order valence-electron chi connectivity index (χ3n) is 6.17. The van der Waals surface area contributed by atoms with Crippen molar-refractivity contribution in [1.29, 1.82) is 0 Å². The number of benzene rings is 5. The molecule has 0 unspecified atom stereocenters. The molecule has 1 aliphatic heterocycles. The van der Waals surface area contributed by atoms with Crippen molar-refractivity contribution in [3.8, 4) is 0 Å². The fraction of sp³-hybridized carbons (Fsp3) is 0.0435. The smallest absolute Gasteiger partial charge is 0.261 e. The molecule has 5 aromatic rings. The van der Waals surface area contributed by atoms with Gasteiger partial charge in [-0.1, -0.05) is 52.8 Å². The van der Waals surface area contributed by atoms with Crippen LogP contribution in [0, 0.1) is 0 Å². The highest BCUT2D eigenvalue weighted by Crippen LogP contribution is 2.41. The Morgan fingerprint density at radius 3 is 1.97 bits per heavy atom. The summed E-state index contributed by atoms with van der Waals surface area (Å²) in [5.41, 5.74) is 2.68. The summed E-state index contributed by atoms with van der Waals surface area (Å²) in [6.07, 6.45) is 0. The second-order valence-electron chi connectivity index (χ2n) is 7.62. The van der Waals surface area contributed by atoms with Crippen LogP contribution in [0.2, 0.25) is 0 Å². The van der Waals surface area contributed by atoms with Gasteiger partial charge in [0.2, 0.25) is 0 Å². The minimum absolute atomic E-state index is 0.320. The van der Waals surface area contributed by atoms with E-state index in [1.807, 2.05) is 30.3 Å². The van der Waals surface area contributed by atoms with Gasteiger partial charge in [-0.15, -0.1) is 0 Å². The lowest BCUT2D eigenvalue weighted by molar-refractivity contribution is 0.0651. The summed E-state index contributed by atoms with van der Waals surface area (Å²) >= 11 is 0. The number of hydrogen-bond donors (Lipinski definition) is 0. The molecule has 5 aromatic carbocycles. The summed E-state index contributed by atoms with van der Waals surface area (Å²) in [6, 6.07) is 12.9. The van der Waals surface area contributed by atoms with Crippen molar-refractivity contribution >= 4 is 94.8 Å². The van der Waals surface area contributed by atoms with E-state index >= 15 is 0 Å². The lowest BCUT2D eigenvalue weighted by atomic mass is 9.75. The molecular formula is C23H10B3NO2. The number of rotatable bonds is 0. The van der Waals surface area contributed by atoms with Gasteiger partial charge in [-0.3, -0.25) is 14.5 Å². The first-order valence-electron chi connectivity index (χ1n) is 9.23.